The summed E-state index contributed by atoms with van der Waals surface area (Å²) in [7, 11) is -3.10. The lowest BCUT2D eigenvalue weighted by Crippen LogP contribution is -2.28. The van der Waals surface area contributed by atoms with Gasteiger partial charge in [-0.3, -0.25) is 4.79 Å². The fourth-order valence-electron chi connectivity index (χ4n) is 2.99. The molecular formula is C22H23NO3S2. The van der Waals surface area contributed by atoms with Gasteiger partial charge < -0.3 is 5.32 Å². The summed E-state index contributed by atoms with van der Waals surface area (Å²) in [5, 5.41) is 5.11. The zero-order valence-corrected chi connectivity index (χ0v) is 17.5. The molecule has 1 heterocycles. The van der Waals surface area contributed by atoms with E-state index in [0.717, 1.165) is 16.9 Å². The number of rotatable bonds is 7. The minimum Gasteiger partial charge on any atom is -0.340 e. The number of thiophene rings is 1. The first-order valence-electron chi connectivity index (χ1n) is 9.05. The number of hydrogen-bond acceptors (Lipinski definition) is 4. The van der Waals surface area contributed by atoms with Gasteiger partial charge in [0.15, 0.2) is 9.84 Å². The molecule has 1 amide bonds. The molecule has 1 N–H and O–H groups in total. The minimum absolute atomic E-state index is 0.0313. The van der Waals surface area contributed by atoms with Crippen LogP contribution in [-0.4, -0.2) is 20.6 Å². The van der Waals surface area contributed by atoms with Crippen molar-refractivity contribution in [1.82, 2.24) is 5.32 Å². The van der Waals surface area contributed by atoms with Crippen molar-refractivity contribution in [2.24, 2.45) is 0 Å². The van der Waals surface area contributed by atoms with Crippen molar-refractivity contribution < 1.29 is 13.2 Å². The van der Waals surface area contributed by atoms with Crippen LogP contribution in [-0.2, 0) is 22.0 Å². The summed E-state index contributed by atoms with van der Waals surface area (Å²) >= 11 is 1.60. The number of sulfone groups is 1. The monoisotopic (exact) mass is 413 g/mol. The third-order valence-corrected chi connectivity index (χ3v) is 6.26. The van der Waals surface area contributed by atoms with Crippen molar-refractivity contribution in [1.29, 1.82) is 0 Å². The standard InChI is InChI=1S/C22H23NO3S2/c1-3-16-6-10-18(11-7-16)21(20-5-4-14-27-20)23-22(24)19-12-8-17(9-13-19)15-28(2,25)26/h4-14,21H,3,15H2,1-2H3,(H,23,24). The first-order chi connectivity index (χ1) is 13.4. The zero-order chi connectivity index (χ0) is 20.1. The normalized spacial score (nSPS) is 12.5. The third kappa shape index (κ3) is 5.30. The Morgan fingerprint density at radius 1 is 1.00 bits per heavy atom. The molecular weight excluding hydrogens is 390 g/mol. The number of amides is 1. The van der Waals surface area contributed by atoms with Gasteiger partial charge in [0.1, 0.15) is 0 Å². The summed E-state index contributed by atoms with van der Waals surface area (Å²) in [6.07, 6.45) is 2.17. The van der Waals surface area contributed by atoms with Crippen LogP contribution in [0.1, 0.15) is 44.9 Å². The second-order valence-corrected chi connectivity index (χ2v) is 9.90. The number of hydrogen-bond donors (Lipinski definition) is 1. The van der Waals surface area contributed by atoms with Gasteiger partial charge in [0, 0.05) is 16.7 Å². The molecule has 0 aliphatic heterocycles. The molecule has 0 aliphatic rings. The molecule has 0 aliphatic carbocycles. The van der Waals surface area contributed by atoms with Gasteiger partial charge in [0.25, 0.3) is 5.91 Å². The average Bonchev–Trinajstić information content (AvgIpc) is 3.20. The largest absolute Gasteiger partial charge is 0.340 e. The summed E-state index contributed by atoms with van der Waals surface area (Å²) in [4.78, 5) is 13.9. The van der Waals surface area contributed by atoms with Crippen molar-refractivity contribution in [2.75, 3.05) is 6.26 Å². The molecule has 0 spiro atoms. The summed E-state index contributed by atoms with van der Waals surface area (Å²) in [6, 6.07) is 18.7. The van der Waals surface area contributed by atoms with Crippen LogP contribution in [0.25, 0.3) is 0 Å². The van der Waals surface area contributed by atoms with Crippen LogP contribution >= 0.6 is 11.3 Å². The van der Waals surface area contributed by atoms with Gasteiger partial charge in [0.05, 0.1) is 11.8 Å². The third-order valence-electron chi connectivity index (χ3n) is 4.47. The number of aryl methyl sites for hydroxylation is 1. The fourth-order valence-corrected chi connectivity index (χ4v) is 4.59. The summed E-state index contributed by atoms with van der Waals surface area (Å²) in [5.74, 6) is -0.222. The molecule has 28 heavy (non-hydrogen) atoms. The topological polar surface area (TPSA) is 63.2 Å². The SMILES string of the molecule is CCc1ccc(C(NC(=O)c2ccc(CS(C)(=O)=O)cc2)c2cccs2)cc1. The Bertz CT molecular complexity index is 1020. The molecule has 4 nitrogen and oxygen atoms in total. The molecule has 0 fully saturated rings. The lowest BCUT2D eigenvalue weighted by molar-refractivity contribution is 0.0943. The number of carbonyl (C=O) groups is 1. The van der Waals surface area contributed by atoms with Crippen LogP contribution in [0.15, 0.2) is 66.0 Å². The minimum atomic E-state index is -3.10. The van der Waals surface area contributed by atoms with Crippen molar-refractivity contribution in [3.8, 4) is 0 Å². The maximum absolute atomic E-state index is 12.8. The number of benzene rings is 2. The highest BCUT2D eigenvalue weighted by Crippen LogP contribution is 2.27. The Morgan fingerprint density at radius 3 is 2.18 bits per heavy atom. The second kappa shape index (κ2) is 8.71. The van der Waals surface area contributed by atoms with Crippen LogP contribution in [0.5, 0.6) is 0 Å². The lowest BCUT2D eigenvalue weighted by Gasteiger charge is -2.19. The maximum atomic E-state index is 12.8. The molecule has 1 atom stereocenters. The smallest absolute Gasteiger partial charge is 0.252 e. The van der Waals surface area contributed by atoms with Crippen LogP contribution in [0.3, 0.4) is 0 Å². The summed E-state index contributed by atoms with van der Waals surface area (Å²) in [5.41, 5.74) is 3.45. The van der Waals surface area contributed by atoms with Crippen LogP contribution < -0.4 is 5.32 Å². The molecule has 0 radical (unpaired) electrons. The van der Waals surface area contributed by atoms with E-state index in [2.05, 4.69) is 36.5 Å². The molecule has 146 valence electrons. The average molecular weight is 414 g/mol. The number of carbonyl (C=O) groups excluding carboxylic acids is 1. The highest BCUT2D eigenvalue weighted by atomic mass is 32.2. The predicted molar refractivity (Wildman–Crippen MR) is 114 cm³/mol. The van der Waals surface area contributed by atoms with E-state index >= 15 is 0 Å². The van der Waals surface area contributed by atoms with Crippen molar-refractivity contribution in [2.45, 2.75) is 25.1 Å². The molecule has 2 aromatic carbocycles. The maximum Gasteiger partial charge on any atom is 0.252 e. The summed E-state index contributed by atoms with van der Waals surface area (Å²) < 4.78 is 22.8. The molecule has 3 rings (SSSR count). The first-order valence-corrected chi connectivity index (χ1v) is 12.0. The van der Waals surface area contributed by atoms with Gasteiger partial charge in [-0.2, -0.15) is 0 Å². The van der Waals surface area contributed by atoms with Crippen molar-refractivity contribution >= 4 is 27.1 Å². The van der Waals surface area contributed by atoms with E-state index < -0.39 is 9.84 Å². The fraction of sp³-hybridized carbons (Fsp3) is 0.227. The van der Waals surface area contributed by atoms with E-state index in [4.69, 9.17) is 0 Å². The van der Waals surface area contributed by atoms with E-state index in [1.54, 1.807) is 35.6 Å². The molecule has 1 aromatic heterocycles. The van der Waals surface area contributed by atoms with Crippen LogP contribution in [0.4, 0.5) is 0 Å². The second-order valence-electron chi connectivity index (χ2n) is 6.78. The Morgan fingerprint density at radius 2 is 1.64 bits per heavy atom. The Labute approximate surface area is 170 Å². The van der Waals surface area contributed by atoms with E-state index in [-0.39, 0.29) is 17.7 Å². The van der Waals surface area contributed by atoms with Gasteiger partial charge in [-0.25, -0.2) is 8.42 Å². The van der Waals surface area contributed by atoms with Gasteiger partial charge in [-0.15, -0.1) is 11.3 Å². The Hall–Kier alpha value is -2.44. The van der Waals surface area contributed by atoms with Gasteiger partial charge >= 0.3 is 0 Å². The highest BCUT2D eigenvalue weighted by Gasteiger charge is 2.19. The molecule has 0 saturated heterocycles. The van der Waals surface area contributed by atoms with Crippen molar-refractivity contribution in [3.05, 3.63) is 93.2 Å². The van der Waals surface area contributed by atoms with Crippen LogP contribution in [0.2, 0.25) is 0 Å². The van der Waals surface area contributed by atoms with E-state index in [0.29, 0.717) is 11.1 Å². The van der Waals surface area contributed by atoms with Crippen molar-refractivity contribution in [3.63, 3.8) is 0 Å². The predicted octanol–water partition coefficient (Wildman–Crippen LogP) is 4.37. The quantitative estimate of drug-likeness (QED) is 0.625. The Kier molecular flexibility index (Phi) is 6.31. The summed E-state index contributed by atoms with van der Waals surface area (Å²) in [6.45, 7) is 2.11. The highest BCUT2D eigenvalue weighted by molar-refractivity contribution is 7.89. The number of nitrogens with one attached hydrogen (secondary N) is 1. The first kappa shape index (κ1) is 20.3. The van der Waals surface area contributed by atoms with E-state index in [1.165, 1.54) is 11.8 Å². The lowest BCUT2D eigenvalue weighted by atomic mass is 10.0. The molecule has 1 unspecified atom stereocenters. The van der Waals surface area contributed by atoms with Crippen LogP contribution in [0, 0.1) is 0 Å². The van der Waals surface area contributed by atoms with E-state index in [1.807, 2.05) is 17.5 Å². The van der Waals surface area contributed by atoms with E-state index in [9.17, 15) is 13.2 Å². The molecule has 6 heteroatoms. The molecule has 0 saturated carbocycles. The zero-order valence-electron chi connectivity index (χ0n) is 15.9. The van der Waals surface area contributed by atoms with Gasteiger partial charge in [-0.05, 0) is 46.7 Å². The Balaban J connectivity index is 1.81. The van der Waals surface area contributed by atoms with Gasteiger partial charge in [-0.1, -0.05) is 49.4 Å². The molecule has 3 aromatic rings. The van der Waals surface area contributed by atoms with Gasteiger partial charge in [0.2, 0.25) is 0 Å². The molecule has 0 bridgehead atoms.